The molecule has 1 aliphatic heterocycles. The lowest BCUT2D eigenvalue weighted by molar-refractivity contribution is 0.0502. The summed E-state index contributed by atoms with van der Waals surface area (Å²) < 4.78 is 0. The van der Waals surface area contributed by atoms with E-state index >= 15 is 0 Å². The zero-order valence-corrected chi connectivity index (χ0v) is 10.5. The van der Waals surface area contributed by atoms with Crippen LogP contribution in [0.1, 0.15) is 37.0 Å². The lowest BCUT2D eigenvalue weighted by Gasteiger charge is -2.36. The second kappa shape index (κ2) is 5.32. The molecule has 92 valence electrons. The fourth-order valence-corrected chi connectivity index (χ4v) is 2.23. The van der Waals surface area contributed by atoms with Gasteiger partial charge in [0.25, 0.3) is 5.91 Å². The molecular formula is C14H20N2O. The van der Waals surface area contributed by atoms with Crippen molar-refractivity contribution in [3.05, 3.63) is 35.9 Å². The number of hydrogen-bond acceptors (Lipinski definition) is 2. The van der Waals surface area contributed by atoms with Crippen molar-refractivity contribution in [2.24, 2.45) is 5.92 Å². The molecule has 0 saturated carbocycles. The summed E-state index contributed by atoms with van der Waals surface area (Å²) in [6.07, 6.45) is 2.40. The van der Waals surface area contributed by atoms with Crippen molar-refractivity contribution in [1.29, 1.82) is 0 Å². The summed E-state index contributed by atoms with van der Waals surface area (Å²) in [5.41, 5.74) is 3.73. The molecule has 2 atom stereocenters. The smallest absolute Gasteiger partial charge is 0.265 e. The third kappa shape index (κ3) is 3.07. The first-order chi connectivity index (χ1) is 8.16. The Labute approximate surface area is 103 Å². The van der Waals surface area contributed by atoms with Crippen molar-refractivity contribution in [2.75, 3.05) is 6.54 Å². The van der Waals surface area contributed by atoms with Gasteiger partial charge in [0, 0.05) is 18.2 Å². The molecule has 17 heavy (non-hydrogen) atoms. The van der Waals surface area contributed by atoms with Crippen LogP contribution >= 0.6 is 0 Å². The highest BCUT2D eigenvalue weighted by molar-refractivity contribution is 5.93. The number of carbonyl (C=O) groups is 1. The van der Waals surface area contributed by atoms with E-state index in [1.807, 2.05) is 30.3 Å². The number of piperidine rings is 1. The van der Waals surface area contributed by atoms with Gasteiger partial charge in [-0.05, 0) is 37.8 Å². The minimum Gasteiger partial charge on any atom is -0.285 e. The lowest BCUT2D eigenvalue weighted by Crippen LogP contribution is -2.51. The van der Waals surface area contributed by atoms with Gasteiger partial charge >= 0.3 is 0 Å². The van der Waals surface area contributed by atoms with Crippen molar-refractivity contribution in [3.63, 3.8) is 0 Å². The number of nitrogens with zero attached hydrogens (tertiary/aromatic N) is 1. The van der Waals surface area contributed by atoms with E-state index < -0.39 is 0 Å². The molecule has 3 nitrogen and oxygen atoms in total. The average molecular weight is 232 g/mol. The number of rotatable bonds is 2. The molecule has 1 aromatic rings. The molecule has 1 N–H and O–H groups in total. The summed E-state index contributed by atoms with van der Waals surface area (Å²) in [4.78, 5) is 12.0. The van der Waals surface area contributed by atoms with Gasteiger partial charge < -0.3 is 0 Å². The van der Waals surface area contributed by atoms with Crippen molar-refractivity contribution >= 4 is 5.91 Å². The first-order valence-corrected chi connectivity index (χ1v) is 6.29. The Bertz CT molecular complexity index is 377. The van der Waals surface area contributed by atoms with E-state index in [0.717, 1.165) is 18.5 Å². The van der Waals surface area contributed by atoms with E-state index in [4.69, 9.17) is 0 Å². The molecule has 1 aliphatic rings. The van der Waals surface area contributed by atoms with E-state index in [1.165, 1.54) is 6.42 Å². The maximum atomic E-state index is 12.0. The van der Waals surface area contributed by atoms with Gasteiger partial charge in [-0.15, -0.1) is 0 Å². The summed E-state index contributed by atoms with van der Waals surface area (Å²) in [6, 6.07) is 9.80. The Morgan fingerprint density at radius 2 is 1.94 bits per heavy atom. The number of amides is 1. The molecule has 1 saturated heterocycles. The van der Waals surface area contributed by atoms with E-state index in [9.17, 15) is 4.79 Å². The zero-order valence-electron chi connectivity index (χ0n) is 10.5. The summed E-state index contributed by atoms with van der Waals surface area (Å²) >= 11 is 0. The van der Waals surface area contributed by atoms with Crippen LogP contribution in [0.25, 0.3) is 0 Å². The SMILES string of the molecule is CC1CCC(C)N(NC(=O)c2ccccc2)C1. The van der Waals surface area contributed by atoms with Gasteiger partial charge in [-0.25, -0.2) is 5.01 Å². The van der Waals surface area contributed by atoms with E-state index in [2.05, 4.69) is 24.3 Å². The Hall–Kier alpha value is -1.35. The highest BCUT2D eigenvalue weighted by Crippen LogP contribution is 2.19. The van der Waals surface area contributed by atoms with Crippen LogP contribution in [0.3, 0.4) is 0 Å². The summed E-state index contributed by atoms with van der Waals surface area (Å²) in [6.45, 7) is 5.34. The van der Waals surface area contributed by atoms with Crippen LogP contribution in [-0.2, 0) is 0 Å². The fraction of sp³-hybridized carbons (Fsp3) is 0.500. The van der Waals surface area contributed by atoms with Crippen LogP contribution in [0.15, 0.2) is 30.3 Å². The molecule has 1 fully saturated rings. The van der Waals surface area contributed by atoms with Gasteiger partial charge in [-0.1, -0.05) is 25.1 Å². The Morgan fingerprint density at radius 3 is 2.65 bits per heavy atom. The maximum absolute atomic E-state index is 12.0. The van der Waals surface area contributed by atoms with Crippen LogP contribution in [0.5, 0.6) is 0 Å². The van der Waals surface area contributed by atoms with Gasteiger partial charge in [0.05, 0.1) is 0 Å². The first-order valence-electron chi connectivity index (χ1n) is 6.29. The Balaban J connectivity index is 1.98. The van der Waals surface area contributed by atoms with Crippen molar-refractivity contribution in [1.82, 2.24) is 10.4 Å². The number of benzene rings is 1. The topological polar surface area (TPSA) is 32.3 Å². The van der Waals surface area contributed by atoms with Crippen LogP contribution in [-0.4, -0.2) is 23.5 Å². The second-order valence-electron chi connectivity index (χ2n) is 4.99. The zero-order chi connectivity index (χ0) is 12.3. The summed E-state index contributed by atoms with van der Waals surface area (Å²) in [5, 5.41) is 2.07. The predicted molar refractivity (Wildman–Crippen MR) is 68.5 cm³/mol. The van der Waals surface area contributed by atoms with Crippen molar-refractivity contribution in [3.8, 4) is 0 Å². The molecule has 0 bridgehead atoms. The Kier molecular flexibility index (Phi) is 3.79. The van der Waals surface area contributed by atoms with E-state index in [1.54, 1.807) is 0 Å². The maximum Gasteiger partial charge on any atom is 0.265 e. The Morgan fingerprint density at radius 1 is 1.24 bits per heavy atom. The highest BCUT2D eigenvalue weighted by atomic mass is 16.2. The van der Waals surface area contributed by atoms with Gasteiger partial charge in [0.15, 0.2) is 0 Å². The third-order valence-electron chi connectivity index (χ3n) is 3.40. The van der Waals surface area contributed by atoms with Crippen molar-refractivity contribution in [2.45, 2.75) is 32.7 Å². The molecule has 0 radical (unpaired) electrons. The standard InChI is InChI=1S/C14H20N2O/c1-11-8-9-12(2)16(10-11)15-14(17)13-6-4-3-5-7-13/h3-7,11-12H,8-10H2,1-2H3,(H,15,17). The normalized spacial score (nSPS) is 25.5. The lowest BCUT2D eigenvalue weighted by atomic mass is 9.97. The minimum atomic E-state index is -0.00782. The monoisotopic (exact) mass is 232 g/mol. The largest absolute Gasteiger partial charge is 0.285 e. The quantitative estimate of drug-likeness (QED) is 0.849. The number of hydrazine groups is 1. The molecule has 2 rings (SSSR count). The number of carbonyl (C=O) groups excluding carboxylic acids is 1. The van der Waals surface area contributed by atoms with Crippen LogP contribution in [0.4, 0.5) is 0 Å². The number of hydrogen-bond donors (Lipinski definition) is 1. The van der Waals surface area contributed by atoms with Crippen molar-refractivity contribution < 1.29 is 4.79 Å². The summed E-state index contributed by atoms with van der Waals surface area (Å²) in [7, 11) is 0. The fourth-order valence-electron chi connectivity index (χ4n) is 2.23. The molecule has 1 aromatic carbocycles. The average Bonchev–Trinajstić information content (AvgIpc) is 2.35. The highest BCUT2D eigenvalue weighted by Gasteiger charge is 2.24. The third-order valence-corrected chi connectivity index (χ3v) is 3.40. The predicted octanol–water partition coefficient (Wildman–Crippen LogP) is 2.45. The molecular weight excluding hydrogens is 212 g/mol. The molecule has 0 aliphatic carbocycles. The second-order valence-corrected chi connectivity index (χ2v) is 4.99. The molecule has 2 unspecified atom stereocenters. The van der Waals surface area contributed by atoms with Crippen LogP contribution in [0, 0.1) is 5.92 Å². The summed E-state index contributed by atoms with van der Waals surface area (Å²) in [5.74, 6) is 0.647. The van der Waals surface area contributed by atoms with Crippen LogP contribution < -0.4 is 5.43 Å². The molecule has 0 spiro atoms. The molecule has 0 aromatic heterocycles. The van der Waals surface area contributed by atoms with Gasteiger partial charge in [0.1, 0.15) is 0 Å². The van der Waals surface area contributed by atoms with Gasteiger partial charge in [-0.3, -0.25) is 10.2 Å². The molecule has 3 heteroatoms. The molecule has 1 heterocycles. The number of nitrogens with one attached hydrogen (secondary N) is 1. The first kappa shape index (κ1) is 12.1. The van der Waals surface area contributed by atoms with Crippen LogP contribution in [0.2, 0.25) is 0 Å². The minimum absolute atomic E-state index is 0.00782. The van der Waals surface area contributed by atoms with Gasteiger partial charge in [0.2, 0.25) is 0 Å². The van der Waals surface area contributed by atoms with Gasteiger partial charge in [-0.2, -0.15) is 0 Å². The van der Waals surface area contributed by atoms with E-state index in [-0.39, 0.29) is 5.91 Å². The van der Waals surface area contributed by atoms with E-state index in [0.29, 0.717) is 12.0 Å². The molecule has 1 amide bonds.